The lowest BCUT2D eigenvalue weighted by atomic mass is 9.86. The van der Waals surface area contributed by atoms with E-state index in [1.807, 2.05) is 25.1 Å². The van der Waals surface area contributed by atoms with Crippen molar-refractivity contribution in [1.82, 2.24) is 5.32 Å². The average Bonchev–Trinajstić information content (AvgIpc) is 2.68. The van der Waals surface area contributed by atoms with Gasteiger partial charge < -0.3 is 15.5 Å². The molecule has 2 aromatic carbocycles. The van der Waals surface area contributed by atoms with Gasteiger partial charge in [-0.25, -0.2) is 0 Å². The van der Waals surface area contributed by atoms with E-state index < -0.39 is 0 Å². The zero-order chi connectivity index (χ0) is 14.1. The van der Waals surface area contributed by atoms with Gasteiger partial charge in [-0.1, -0.05) is 30.3 Å². The number of phenols is 2. The summed E-state index contributed by atoms with van der Waals surface area (Å²) in [6, 6.07) is 12.0. The number of rotatable bonds is 1. The predicted octanol–water partition coefficient (Wildman–Crippen LogP) is 2.68. The number of hydrogen-bond acceptors (Lipinski definition) is 3. The van der Waals surface area contributed by atoms with Crippen LogP contribution in [0.2, 0.25) is 0 Å². The van der Waals surface area contributed by atoms with Crippen molar-refractivity contribution >= 4 is 0 Å². The zero-order valence-electron chi connectivity index (χ0n) is 11.6. The minimum absolute atomic E-state index is 0.0115. The van der Waals surface area contributed by atoms with Gasteiger partial charge in [-0.2, -0.15) is 0 Å². The van der Waals surface area contributed by atoms with Crippen LogP contribution in [-0.4, -0.2) is 23.3 Å². The van der Waals surface area contributed by atoms with E-state index in [2.05, 4.69) is 17.4 Å². The van der Waals surface area contributed by atoms with E-state index in [1.165, 1.54) is 5.56 Å². The van der Waals surface area contributed by atoms with Crippen LogP contribution < -0.4 is 5.32 Å². The molecule has 104 valence electrons. The molecule has 20 heavy (non-hydrogen) atoms. The first-order valence-electron chi connectivity index (χ1n) is 6.98. The van der Waals surface area contributed by atoms with Gasteiger partial charge in [0.05, 0.1) is 0 Å². The van der Waals surface area contributed by atoms with E-state index in [-0.39, 0.29) is 17.4 Å². The predicted molar refractivity (Wildman–Crippen MR) is 79.4 cm³/mol. The van der Waals surface area contributed by atoms with Crippen molar-refractivity contribution in [1.29, 1.82) is 0 Å². The molecule has 0 fully saturated rings. The van der Waals surface area contributed by atoms with Crippen molar-refractivity contribution in [3.05, 3.63) is 58.7 Å². The summed E-state index contributed by atoms with van der Waals surface area (Å²) in [6.07, 6.45) is 0.873. The van der Waals surface area contributed by atoms with Crippen molar-refractivity contribution < 1.29 is 10.2 Å². The molecule has 3 N–H and O–H groups in total. The van der Waals surface area contributed by atoms with Crippen LogP contribution in [0.1, 0.15) is 28.2 Å². The highest BCUT2D eigenvalue weighted by atomic mass is 16.3. The third-order valence-corrected chi connectivity index (χ3v) is 4.17. The lowest BCUT2D eigenvalue weighted by Gasteiger charge is -2.20. The van der Waals surface area contributed by atoms with Gasteiger partial charge in [0.25, 0.3) is 0 Å². The Labute approximate surface area is 118 Å². The van der Waals surface area contributed by atoms with Gasteiger partial charge in [0.2, 0.25) is 0 Å². The molecule has 0 aliphatic carbocycles. The van der Waals surface area contributed by atoms with Crippen LogP contribution in [0.4, 0.5) is 0 Å². The molecule has 0 unspecified atom stereocenters. The number of aromatic hydroxyl groups is 2. The zero-order valence-corrected chi connectivity index (χ0v) is 11.6. The summed E-state index contributed by atoms with van der Waals surface area (Å²) in [5.41, 5.74) is 4.30. The Kier molecular flexibility index (Phi) is 3.36. The van der Waals surface area contributed by atoms with Gasteiger partial charge >= 0.3 is 0 Å². The molecule has 0 spiro atoms. The van der Waals surface area contributed by atoms with Crippen molar-refractivity contribution in [3.63, 3.8) is 0 Å². The summed E-state index contributed by atoms with van der Waals surface area (Å²) >= 11 is 0. The van der Waals surface area contributed by atoms with Crippen molar-refractivity contribution in [2.45, 2.75) is 19.3 Å². The molecular formula is C17H19NO2. The van der Waals surface area contributed by atoms with E-state index in [9.17, 15) is 10.2 Å². The molecular weight excluding hydrogens is 250 g/mol. The number of fused-ring (bicyclic) bond motifs is 1. The Bertz CT molecular complexity index is 623. The molecule has 0 bridgehead atoms. The van der Waals surface area contributed by atoms with E-state index in [0.717, 1.165) is 36.2 Å². The molecule has 2 aromatic rings. The topological polar surface area (TPSA) is 52.5 Å². The maximum atomic E-state index is 9.94. The summed E-state index contributed by atoms with van der Waals surface area (Å²) in [4.78, 5) is 0. The second kappa shape index (κ2) is 5.17. The lowest BCUT2D eigenvalue weighted by Crippen LogP contribution is -2.20. The van der Waals surface area contributed by atoms with E-state index in [1.54, 1.807) is 6.07 Å². The first kappa shape index (κ1) is 13.0. The van der Waals surface area contributed by atoms with Gasteiger partial charge in [0.1, 0.15) is 0 Å². The van der Waals surface area contributed by atoms with Crippen LogP contribution in [0.15, 0.2) is 36.4 Å². The van der Waals surface area contributed by atoms with E-state index >= 15 is 0 Å². The molecule has 3 nitrogen and oxygen atoms in total. The molecule has 1 atom stereocenters. The van der Waals surface area contributed by atoms with Gasteiger partial charge in [-0.15, -0.1) is 0 Å². The summed E-state index contributed by atoms with van der Waals surface area (Å²) in [7, 11) is 0. The molecule has 0 aromatic heterocycles. The molecule has 3 heteroatoms. The maximum Gasteiger partial charge on any atom is 0.160 e. The van der Waals surface area contributed by atoms with Crippen molar-refractivity contribution in [2.75, 3.05) is 13.1 Å². The molecule has 0 saturated heterocycles. The molecule has 0 saturated carbocycles. The van der Waals surface area contributed by atoms with Crippen LogP contribution in [0.25, 0.3) is 0 Å². The molecule has 1 heterocycles. The number of hydrogen-bond donors (Lipinski definition) is 3. The van der Waals surface area contributed by atoms with Crippen molar-refractivity contribution in [3.8, 4) is 11.5 Å². The second-order valence-electron chi connectivity index (χ2n) is 5.35. The Hall–Kier alpha value is -2.00. The molecule has 3 rings (SSSR count). The van der Waals surface area contributed by atoms with Crippen LogP contribution in [0.3, 0.4) is 0 Å². The van der Waals surface area contributed by atoms with Gasteiger partial charge in [0.15, 0.2) is 11.5 Å². The summed E-state index contributed by atoms with van der Waals surface area (Å²) in [6.45, 7) is 3.61. The summed E-state index contributed by atoms with van der Waals surface area (Å²) in [5.74, 6) is 0.195. The highest BCUT2D eigenvalue weighted by molar-refractivity contribution is 5.55. The molecule has 1 aliphatic heterocycles. The summed E-state index contributed by atoms with van der Waals surface area (Å²) in [5, 5.41) is 23.3. The maximum absolute atomic E-state index is 9.94. The first-order valence-corrected chi connectivity index (χ1v) is 6.98. The Morgan fingerprint density at radius 1 is 1.15 bits per heavy atom. The van der Waals surface area contributed by atoms with Crippen LogP contribution >= 0.6 is 0 Å². The quantitative estimate of drug-likeness (QED) is 0.698. The second-order valence-corrected chi connectivity index (χ2v) is 5.35. The average molecular weight is 269 g/mol. The Balaban J connectivity index is 2.17. The third-order valence-electron chi connectivity index (χ3n) is 4.17. The molecule has 1 aliphatic rings. The third kappa shape index (κ3) is 2.14. The Morgan fingerprint density at radius 3 is 2.65 bits per heavy atom. The first-order chi connectivity index (χ1) is 9.68. The van der Waals surface area contributed by atoms with Gasteiger partial charge in [0, 0.05) is 12.5 Å². The minimum atomic E-state index is -0.0240. The lowest BCUT2D eigenvalue weighted by molar-refractivity contribution is 0.399. The SMILES string of the molecule is Cc1c(O)c(O)cc2c1CCNC[C@@H]2c1ccccc1. The van der Waals surface area contributed by atoms with Crippen LogP contribution in [-0.2, 0) is 6.42 Å². The smallest absolute Gasteiger partial charge is 0.160 e. The van der Waals surface area contributed by atoms with Gasteiger partial charge in [-0.3, -0.25) is 0 Å². The highest BCUT2D eigenvalue weighted by Crippen LogP contribution is 2.39. The standard InChI is InChI=1S/C17H19NO2/c1-11-13-7-8-18-10-15(12-5-3-2-4-6-12)14(13)9-16(19)17(11)20/h2-6,9,15,18-20H,7-8,10H2,1H3/t15-/m1/s1. The highest BCUT2D eigenvalue weighted by Gasteiger charge is 2.24. The normalized spacial score (nSPS) is 18.4. The summed E-state index contributed by atoms with van der Waals surface area (Å²) < 4.78 is 0. The van der Waals surface area contributed by atoms with Gasteiger partial charge in [-0.05, 0) is 48.2 Å². The van der Waals surface area contributed by atoms with Crippen molar-refractivity contribution in [2.24, 2.45) is 0 Å². The molecule has 0 radical (unpaired) electrons. The largest absolute Gasteiger partial charge is 0.504 e. The monoisotopic (exact) mass is 269 g/mol. The number of benzene rings is 2. The fraction of sp³-hybridized carbons (Fsp3) is 0.294. The van der Waals surface area contributed by atoms with E-state index in [0.29, 0.717) is 0 Å². The fourth-order valence-electron chi connectivity index (χ4n) is 3.05. The van der Waals surface area contributed by atoms with Crippen LogP contribution in [0.5, 0.6) is 11.5 Å². The number of phenolic OH excluding ortho intramolecular Hbond substituents is 2. The number of nitrogens with one attached hydrogen (secondary N) is 1. The van der Waals surface area contributed by atoms with E-state index in [4.69, 9.17) is 0 Å². The molecule has 0 amide bonds. The van der Waals surface area contributed by atoms with Crippen LogP contribution in [0, 0.1) is 6.92 Å². The minimum Gasteiger partial charge on any atom is -0.504 e. The fourth-order valence-corrected chi connectivity index (χ4v) is 3.05. The Morgan fingerprint density at radius 2 is 1.90 bits per heavy atom.